The van der Waals surface area contributed by atoms with Crippen molar-refractivity contribution >= 4 is 5.96 Å². The number of benzene rings is 1. The molecule has 21 heavy (non-hydrogen) atoms. The second-order valence-corrected chi connectivity index (χ2v) is 5.83. The number of hydrogen-bond acceptors (Lipinski definition) is 5. The Kier molecular flexibility index (Phi) is 4.72. The van der Waals surface area contributed by atoms with Crippen LogP contribution in [0.1, 0.15) is 12.5 Å². The molecule has 2 atom stereocenters. The Morgan fingerprint density at radius 3 is 3.00 bits per heavy atom. The number of guanidine groups is 1. The molecule has 2 N–H and O–H groups in total. The van der Waals surface area contributed by atoms with E-state index in [2.05, 4.69) is 57.8 Å². The largest absolute Gasteiger partial charge is 0.374 e. The van der Waals surface area contributed by atoms with Gasteiger partial charge in [0.05, 0.1) is 19.3 Å². The van der Waals surface area contributed by atoms with Crippen LogP contribution in [0.4, 0.5) is 0 Å². The van der Waals surface area contributed by atoms with Gasteiger partial charge >= 0.3 is 0 Å². The van der Waals surface area contributed by atoms with Crippen molar-refractivity contribution in [2.24, 2.45) is 4.99 Å². The van der Waals surface area contributed by atoms with E-state index in [1.807, 2.05) is 0 Å². The molecule has 0 radical (unpaired) electrons. The van der Waals surface area contributed by atoms with Gasteiger partial charge in [-0.05, 0) is 12.5 Å². The minimum absolute atomic E-state index is 0.225. The normalized spacial score (nSPS) is 26.2. The lowest BCUT2D eigenvalue weighted by Crippen LogP contribution is -2.49. The summed E-state index contributed by atoms with van der Waals surface area (Å²) in [7, 11) is 0. The average Bonchev–Trinajstić information content (AvgIpc) is 2.92. The van der Waals surface area contributed by atoms with Crippen LogP contribution >= 0.6 is 0 Å². The van der Waals surface area contributed by atoms with Gasteiger partial charge in [0.1, 0.15) is 0 Å². The zero-order chi connectivity index (χ0) is 14.5. The third kappa shape index (κ3) is 4.19. The number of rotatable bonds is 4. The van der Waals surface area contributed by atoms with Gasteiger partial charge in [-0.25, -0.2) is 0 Å². The fourth-order valence-electron chi connectivity index (χ4n) is 2.76. The zero-order valence-electron chi connectivity index (χ0n) is 12.6. The number of ether oxygens (including phenoxy) is 1. The van der Waals surface area contributed by atoms with Crippen molar-refractivity contribution in [3.05, 3.63) is 35.9 Å². The minimum Gasteiger partial charge on any atom is -0.374 e. The molecule has 1 aromatic rings. The van der Waals surface area contributed by atoms with Gasteiger partial charge in [-0.15, -0.1) is 0 Å². The van der Waals surface area contributed by atoms with E-state index < -0.39 is 0 Å². The molecule has 0 aliphatic carbocycles. The van der Waals surface area contributed by atoms with Crippen molar-refractivity contribution < 1.29 is 4.74 Å². The van der Waals surface area contributed by atoms with Gasteiger partial charge in [0.15, 0.2) is 5.96 Å². The minimum atomic E-state index is 0.225. The van der Waals surface area contributed by atoms with Gasteiger partial charge < -0.3 is 15.4 Å². The Hall–Kier alpha value is -1.59. The quantitative estimate of drug-likeness (QED) is 0.861. The lowest BCUT2D eigenvalue weighted by atomic mass is 10.2. The monoisotopic (exact) mass is 288 g/mol. The molecule has 0 bridgehead atoms. The van der Waals surface area contributed by atoms with E-state index in [0.29, 0.717) is 6.04 Å². The van der Waals surface area contributed by atoms with Crippen molar-refractivity contribution in [3.63, 3.8) is 0 Å². The van der Waals surface area contributed by atoms with Gasteiger partial charge in [-0.3, -0.25) is 9.89 Å². The molecular weight excluding hydrogens is 264 g/mol. The highest BCUT2D eigenvalue weighted by molar-refractivity contribution is 5.81. The summed E-state index contributed by atoms with van der Waals surface area (Å²) in [6.45, 7) is 7.56. The van der Waals surface area contributed by atoms with E-state index in [1.165, 1.54) is 5.56 Å². The van der Waals surface area contributed by atoms with E-state index in [-0.39, 0.29) is 6.10 Å². The van der Waals surface area contributed by atoms with Crippen LogP contribution in [0.15, 0.2) is 35.3 Å². The summed E-state index contributed by atoms with van der Waals surface area (Å²) in [6, 6.07) is 11.1. The number of morpholine rings is 1. The van der Waals surface area contributed by atoms with Gasteiger partial charge in [-0.2, -0.15) is 0 Å². The predicted octanol–water partition coefficient (Wildman–Crippen LogP) is 0.825. The molecule has 5 nitrogen and oxygen atoms in total. The van der Waals surface area contributed by atoms with Crippen molar-refractivity contribution in [1.82, 2.24) is 15.5 Å². The summed E-state index contributed by atoms with van der Waals surface area (Å²) in [6.07, 6.45) is 0.225. The van der Waals surface area contributed by atoms with Crippen LogP contribution < -0.4 is 10.6 Å². The fourth-order valence-corrected chi connectivity index (χ4v) is 2.76. The number of aliphatic imine (C=N–C) groups is 1. The highest BCUT2D eigenvalue weighted by Crippen LogP contribution is 2.10. The second kappa shape index (κ2) is 6.91. The van der Waals surface area contributed by atoms with Crippen LogP contribution in [-0.4, -0.2) is 55.8 Å². The Morgan fingerprint density at radius 2 is 2.24 bits per heavy atom. The summed E-state index contributed by atoms with van der Waals surface area (Å²) in [5.74, 6) is 0.909. The Labute approximate surface area is 126 Å². The lowest BCUT2D eigenvalue weighted by Gasteiger charge is -2.33. The second-order valence-electron chi connectivity index (χ2n) is 5.83. The maximum absolute atomic E-state index is 5.85. The molecular formula is C16H24N4O. The van der Waals surface area contributed by atoms with Crippen molar-refractivity contribution in [1.29, 1.82) is 0 Å². The molecule has 114 valence electrons. The van der Waals surface area contributed by atoms with Crippen molar-refractivity contribution in [2.75, 3.05) is 32.8 Å². The smallest absolute Gasteiger partial charge is 0.191 e. The summed E-state index contributed by atoms with van der Waals surface area (Å²) in [5, 5.41) is 6.67. The molecule has 2 aliphatic heterocycles. The van der Waals surface area contributed by atoms with E-state index >= 15 is 0 Å². The molecule has 1 fully saturated rings. The van der Waals surface area contributed by atoms with Crippen LogP contribution in [0.5, 0.6) is 0 Å². The molecule has 0 saturated carbocycles. The molecule has 1 aromatic carbocycles. The molecule has 0 aromatic heterocycles. The number of hydrogen-bond donors (Lipinski definition) is 2. The van der Waals surface area contributed by atoms with Crippen molar-refractivity contribution in [3.8, 4) is 0 Å². The summed E-state index contributed by atoms with van der Waals surface area (Å²) >= 11 is 0. The van der Waals surface area contributed by atoms with Gasteiger partial charge in [0.25, 0.3) is 0 Å². The number of nitrogens with zero attached hydrogens (tertiary/aromatic N) is 2. The highest BCUT2D eigenvalue weighted by atomic mass is 16.5. The van der Waals surface area contributed by atoms with Gasteiger partial charge in [0.2, 0.25) is 0 Å². The van der Waals surface area contributed by atoms with Crippen LogP contribution in [0.25, 0.3) is 0 Å². The van der Waals surface area contributed by atoms with Crippen LogP contribution in [0.2, 0.25) is 0 Å². The molecule has 1 saturated heterocycles. The van der Waals surface area contributed by atoms with E-state index in [9.17, 15) is 0 Å². The van der Waals surface area contributed by atoms with Gasteiger partial charge in [0, 0.05) is 32.2 Å². The van der Waals surface area contributed by atoms with E-state index in [4.69, 9.17) is 4.74 Å². The zero-order valence-corrected chi connectivity index (χ0v) is 12.6. The lowest BCUT2D eigenvalue weighted by molar-refractivity contribution is -0.0281. The summed E-state index contributed by atoms with van der Waals surface area (Å²) in [5.41, 5.74) is 1.36. The highest BCUT2D eigenvalue weighted by Gasteiger charge is 2.21. The first-order valence-corrected chi connectivity index (χ1v) is 7.72. The SMILES string of the molecule is CC1CN=C(NCC2CN(Cc3ccccc3)CCO2)N1. The third-order valence-corrected chi connectivity index (χ3v) is 3.88. The Bertz CT molecular complexity index is 476. The predicted molar refractivity (Wildman–Crippen MR) is 84.4 cm³/mol. The van der Waals surface area contributed by atoms with Crippen molar-refractivity contribution in [2.45, 2.75) is 25.6 Å². The molecule has 5 heteroatoms. The topological polar surface area (TPSA) is 48.9 Å². The Morgan fingerprint density at radius 1 is 1.38 bits per heavy atom. The van der Waals surface area contributed by atoms with E-state index in [1.54, 1.807) is 0 Å². The molecule has 2 aliphatic rings. The van der Waals surface area contributed by atoms with Gasteiger partial charge in [-0.1, -0.05) is 30.3 Å². The first kappa shape index (κ1) is 14.4. The van der Waals surface area contributed by atoms with Crippen LogP contribution in [0, 0.1) is 0 Å². The maximum Gasteiger partial charge on any atom is 0.191 e. The summed E-state index contributed by atoms with van der Waals surface area (Å²) < 4.78 is 5.85. The van der Waals surface area contributed by atoms with Crippen LogP contribution in [0.3, 0.4) is 0 Å². The standard InChI is InChI=1S/C16H24N4O/c1-13-9-17-16(19-13)18-10-15-12-20(7-8-21-15)11-14-5-3-2-4-6-14/h2-6,13,15H,7-12H2,1H3,(H2,17,18,19). The molecule has 3 rings (SSSR count). The number of nitrogens with one attached hydrogen (secondary N) is 2. The first-order valence-electron chi connectivity index (χ1n) is 7.72. The average molecular weight is 288 g/mol. The first-order chi connectivity index (χ1) is 10.3. The maximum atomic E-state index is 5.85. The van der Waals surface area contributed by atoms with E-state index in [0.717, 1.165) is 45.3 Å². The molecule has 0 spiro atoms. The molecule has 0 amide bonds. The molecule has 2 unspecified atom stereocenters. The Balaban J connectivity index is 1.45. The molecule has 2 heterocycles. The fraction of sp³-hybridized carbons (Fsp3) is 0.562. The van der Waals surface area contributed by atoms with Crippen LogP contribution in [-0.2, 0) is 11.3 Å². The summed E-state index contributed by atoms with van der Waals surface area (Å²) in [4.78, 5) is 6.87. The third-order valence-electron chi connectivity index (χ3n) is 3.88.